The van der Waals surface area contributed by atoms with E-state index >= 15 is 0 Å². The van der Waals surface area contributed by atoms with E-state index in [1.165, 1.54) is 11.8 Å². The molecule has 1 aliphatic rings. The zero-order valence-corrected chi connectivity index (χ0v) is 21.8. The van der Waals surface area contributed by atoms with E-state index in [-0.39, 0.29) is 17.6 Å². The minimum absolute atomic E-state index is 0.124. The predicted molar refractivity (Wildman–Crippen MR) is 147 cm³/mol. The summed E-state index contributed by atoms with van der Waals surface area (Å²) in [5.41, 5.74) is 10.4. The second kappa shape index (κ2) is 11.7. The Morgan fingerprint density at radius 1 is 1.05 bits per heavy atom. The van der Waals surface area contributed by atoms with Gasteiger partial charge in [0.15, 0.2) is 0 Å². The number of hydrogen-bond donors (Lipinski definition) is 4. The second-order valence-corrected chi connectivity index (χ2v) is 9.45. The predicted octanol–water partition coefficient (Wildman–Crippen LogP) is 5.09. The first kappa shape index (κ1) is 26.0. The molecule has 2 amide bonds. The molecule has 1 unspecified atom stereocenters. The van der Waals surface area contributed by atoms with Crippen molar-refractivity contribution in [2.45, 2.75) is 26.7 Å². The lowest BCUT2D eigenvalue weighted by Gasteiger charge is -2.29. The highest BCUT2D eigenvalue weighted by molar-refractivity contribution is 8.03. The Kier molecular flexibility index (Phi) is 8.25. The van der Waals surface area contributed by atoms with Crippen LogP contribution in [-0.2, 0) is 9.59 Å². The number of aryl methyl sites for hydroxylation is 1. The molecule has 1 aliphatic heterocycles. The Hall–Kier alpha value is -4.11. The van der Waals surface area contributed by atoms with Crippen LogP contribution in [-0.4, -0.2) is 24.2 Å². The number of allylic oxidation sites excluding steroid dienone is 2. The molecule has 0 radical (unpaired) electrons. The van der Waals surface area contributed by atoms with Gasteiger partial charge in [0.25, 0.3) is 5.91 Å². The lowest BCUT2D eigenvalue weighted by molar-refractivity contribution is -0.114. The maximum Gasteiger partial charge on any atom is 0.254 e. The molecule has 2 heterocycles. The summed E-state index contributed by atoms with van der Waals surface area (Å²) >= 11 is 1.27. The van der Waals surface area contributed by atoms with E-state index in [1.807, 2.05) is 45.0 Å². The van der Waals surface area contributed by atoms with Crippen molar-refractivity contribution >= 4 is 35.0 Å². The van der Waals surface area contributed by atoms with E-state index in [1.54, 1.807) is 42.7 Å². The Balaban J connectivity index is 1.49. The van der Waals surface area contributed by atoms with Crippen molar-refractivity contribution < 1.29 is 18.7 Å². The number of dihydropyridines is 1. The van der Waals surface area contributed by atoms with Gasteiger partial charge < -0.3 is 30.8 Å². The first-order valence-electron chi connectivity index (χ1n) is 11.9. The number of carbonyl (C=O) groups is 2. The molecule has 3 aromatic rings. The molecule has 0 fully saturated rings. The smallest absolute Gasteiger partial charge is 0.254 e. The summed E-state index contributed by atoms with van der Waals surface area (Å²) in [5.74, 6) is 0.352. The van der Waals surface area contributed by atoms with E-state index < -0.39 is 5.92 Å². The molecule has 0 spiro atoms. The second-order valence-electron chi connectivity index (χ2n) is 8.46. The van der Waals surface area contributed by atoms with Gasteiger partial charge >= 0.3 is 0 Å². The van der Waals surface area contributed by atoms with Gasteiger partial charge in [0.05, 0.1) is 40.8 Å². The molecule has 1 atom stereocenters. The molecule has 1 aromatic heterocycles. The van der Waals surface area contributed by atoms with Gasteiger partial charge in [-0.1, -0.05) is 30.0 Å². The number of hydrogen-bond acceptors (Lipinski definition) is 7. The number of thioether (sulfide) groups is 1. The van der Waals surface area contributed by atoms with Crippen LogP contribution in [0.4, 0.5) is 11.4 Å². The van der Waals surface area contributed by atoms with Crippen molar-refractivity contribution in [3.05, 3.63) is 100 Å². The quantitative estimate of drug-likeness (QED) is 0.312. The zero-order chi connectivity index (χ0) is 26.4. The Bertz CT molecular complexity index is 1330. The van der Waals surface area contributed by atoms with Gasteiger partial charge in [0.2, 0.25) is 5.91 Å². The number of nitrogens with two attached hydrogens (primary N) is 1. The van der Waals surface area contributed by atoms with E-state index in [4.69, 9.17) is 14.9 Å². The Morgan fingerprint density at radius 3 is 2.49 bits per heavy atom. The standard InChI is InChI=1S/C28H30N4O4S/c1-4-35-20-13-11-19(12-14-20)31-23(33)16-37-28-26(29)25(22-10-7-15-36-22)24(18(3)30-28)27(34)32-21-9-6-5-8-17(21)2/h5-15,25,30H,4,16,29H2,1-3H3,(H,31,33)(H,32,34). The largest absolute Gasteiger partial charge is 0.494 e. The van der Waals surface area contributed by atoms with Gasteiger partial charge in [0, 0.05) is 17.1 Å². The molecule has 4 rings (SSSR count). The van der Waals surface area contributed by atoms with Crippen LogP contribution in [0.25, 0.3) is 0 Å². The van der Waals surface area contributed by atoms with Crippen LogP contribution in [0.15, 0.2) is 93.3 Å². The van der Waals surface area contributed by atoms with Crippen molar-refractivity contribution in [3.63, 3.8) is 0 Å². The van der Waals surface area contributed by atoms with Gasteiger partial charge in [-0.15, -0.1) is 0 Å². The van der Waals surface area contributed by atoms with Crippen LogP contribution in [0.5, 0.6) is 5.75 Å². The van der Waals surface area contributed by atoms with E-state index in [0.717, 1.165) is 17.0 Å². The molecule has 192 valence electrons. The third-order valence-electron chi connectivity index (χ3n) is 5.83. The number of para-hydroxylation sites is 1. The van der Waals surface area contributed by atoms with E-state index in [0.29, 0.717) is 40.1 Å². The molecule has 0 aliphatic carbocycles. The van der Waals surface area contributed by atoms with Crippen LogP contribution in [0.2, 0.25) is 0 Å². The topological polar surface area (TPSA) is 119 Å². The number of rotatable bonds is 9. The summed E-state index contributed by atoms with van der Waals surface area (Å²) in [7, 11) is 0. The normalized spacial score (nSPS) is 15.3. The summed E-state index contributed by atoms with van der Waals surface area (Å²) in [6.07, 6.45) is 1.55. The molecule has 8 nitrogen and oxygen atoms in total. The maximum absolute atomic E-state index is 13.4. The first-order valence-corrected chi connectivity index (χ1v) is 12.9. The highest BCUT2D eigenvalue weighted by Crippen LogP contribution is 2.39. The van der Waals surface area contributed by atoms with Crippen LogP contribution in [0, 0.1) is 6.92 Å². The Labute approximate surface area is 220 Å². The van der Waals surface area contributed by atoms with Crippen LogP contribution < -0.4 is 26.4 Å². The maximum atomic E-state index is 13.4. The fraction of sp³-hybridized carbons (Fsp3) is 0.214. The summed E-state index contributed by atoms with van der Waals surface area (Å²) in [6.45, 7) is 6.24. The van der Waals surface area contributed by atoms with E-state index in [9.17, 15) is 9.59 Å². The lowest BCUT2D eigenvalue weighted by atomic mass is 9.89. The van der Waals surface area contributed by atoms with Crippen molar-refractivity contribution in [1.82, 2.24) is 5.32 Å². The number of carbonyl (C=O) groups excluding carboxylic acids is 2. The molecular formula is C28H30N4O4S. The molecule has 0 bridgehead atoms. The molecule has 5 N–H and O–H groups in total. The number of nitrogens with one attached hydrogen (secondary N) is 3. The van der Waals surface area contributed by atoms with Gasteiger partial charge in [-0.2, -0.15) is 0 Å². The number of ether oxygens (including phenoxy) is 1. The van der Waals surface area contributed by atoms with Crippen LogP contribution in [0.3, 0.4) is 0 Å². The first-order chi connectivity index (χ1) is 17.9. The van der Waals surface area contributed by atoms with Gasteiger partial charge in [-0.05, 0) is 68.8 Å². The van der Waals surface area contributed by atoms with Gasteiger partial charge in [0.1, 0.15) is 11.5 Å². The third-order valence-corrected chi connectivity index (χ3v) is 6.86. The number of furan rings is 1. The summed E-state index contributed by atoms with van der Waals surface area (Å²) in [4.78, 5) is 26.0. The molecule has 37 heavy (non-hydrogen) atoms. The minimum Gasteiger partial charge on any atom is -0.494 e. The van der Waals surface area contributed by atoms with Crippen molar-refractivity contribution in [3.8, 4) is 5.75 Å². The fourth-order valence-corrected chi connectivity index (χ4v) is 4.88. The number of benzene rings is 2. The van der Waals surface area contributed by atoms with Gasteiger partial charge in [-0.3, -0.25) is 9.59 Å². The van der Waals surface area contributed by atoms with Crippen molar-refractivity contribution in [1.29, 1.82) is 0 Å². The van der Waals surface area contributed by atoms with E-state index in [2.05, 4.69) is 16.0 Å². The number of amides is 2. The SMILES string of the molecule is CCOc1ccc(NC(=O)CSC2=C(N)C(c3ccco3)C(C(=O)Nc3ccccc3C)=C(C)N2)cc1. The molecule has 0 saturated carbocycles. The molecule has 2 aromatic carbocycles. The highest BCUT2D eigenvalue weighted by Gasteiger charge is 2.35. The monoisotopic (exact) mass is 518 g/mol. The fourth-order valence-electron chi connectivity index (χ4n) is 4.02. The summed E-state index contributed by atoms with van der Waals surface area (Å²) < 4.78 is 11.1. The van der Waals surface area contributed by atoms with Crippen LogP contribution in [0.1, 0.15) is 31.1 Å². The molecule has 9 heteroatoms. The highest BCUT2D eigenvalue weighted by atomic mass is 32.2. The average molecular weight is 519 g/mol. The minimum atomic E-state index is -0.600. The lowest BCUT2D eigenvalue weighted by Crippen LogP contribution is -2.33. The van der Waals surface area contributed by atoms with Crippen LogP contribution >= 0.6 is 11.8 Å². The molecular weight excluding hydrogens is 488 g/mol. The van der Waals surface area contributed by atoms with Gasteiger partial charge in [-0.25, -0.2) is 0 Å². The van der Waals surface area contributed by atoms with Crippen molar-refractivity contribution in [2.24, 2.45) is 5.73 Å². The summed E-state index contributed by atoms with van der Waals surface area (Å²) in [6, 6.07) is 18.3. The Morgan fingerprint density at radius 2 is 1.81 bits per heavy atom. The van der Waals surface area contributed by atoms with Crippen molar-refractivity contribution in [2.75, 3.05) is 23.0 Å². The third kappa shape index (κ3) is 6.18. The molecule has 0 saturated heterocycles. The summed E-state index contributed by atoms with van der Waals surface area (Å²) in [5, 5.41) is 9.70. The number of anilines is 2. The zero-order valence-electron chi connectivity index (χ0n) is 21.0. The average Bonchev–Trinajstić information content (AvgIpc) is 3.41.